The highest BCUT2D eigenvalue weighted by Crippen LogP contribution is 2.10. The van der Waals surface area contributed by atoms with Crippen molar-refractivity contribution in [3.63, 3.8) is 0 Å². The Hall–Kier alpha value is -2.18. The van der Waals surface area contributed by atoms with E-state index < -0.39 is 10.0 Å². The first-order valence-corrected chi connectivity index (χ1v) is 9.51. The number of sulfonamides is 1. The maximum absolute atomic E-state index is 12.1. The molecule has 0 atom stereocenters. The number of carbonyl (C=O) groups excluding carboxylic acids is 1. The van der Waals surface area contributed by atoms with Gasteiger partial charge in [0.05, 0.1) is 12.8 Å². The molecule has 2 aromatic carbocycles. The number of benzene rings is 2. The third kappa shape index (κ3) is 5.79. The summed E-state index contributed by atoms with van der Waals surface area (Å²) in [7, 11) is -3.48. The van der Waals surface area contributed by atoms with Crippen LogP contribution < -0.4 is 5.32 Å². The molecule has 0 radical (unpaired) electrons. The summed E-state index contributed by atoms with van der Waals surface area (Å²) in [6.07, 6.45) is 1.12. The number of hydrogen-bond donors (Lipinski definition) is 1. The maximum atomic E-state index is 12.1. The molecule has 1 amide bonds. The van der Waals surface area contributed by atoms with Crippen molar-refractivity contribution in [1.29, 1.82) is 0 Å². The number of hydrogen-bond acceptors (Lipinski definition) is 3. The van der Waals surface area contributed by atoms with E-state index in [1.54, 1.807) is 0 Å². The molecular formula is C18H22N2O3S. The lowest BCUT2D eigenvalue weighted by molar-refractivity contribution is -0.121. The van der Waals surface area contributed by atoms with Gasteiger partial charge in [-0.05, 0) is 18.1 Å². The Kier molecular flexibility index (Phi) is 6.11. The first-order valence-electron chi connectivity index (χ1n) is 7.66. The molecule has 24 heavy (non-hydrogen) atoms. The molecule has 5 nitrogen and oxygen atoms in total. The summed E-state index contributed by atoms with van der Waals surface area (Å²) in [5.74, 6) is -0.323. The molecule has 0 aliphatic heterocycles. The van der Waals surface area contributed by atoms with Crippen molar-refractivity contribution in [3.8, 4) is 0 Å². The summed E-state index contributed by atoms with van der Waals surface area (Å²) in [6.45, 7) is 2.33. The average Bonchev–Trinajstić information content (AvgIpc) is 2.54. The topological polar surface area (TPSA) is 66.5 Å². The van der Waals surface area contributed by atoms with E-state index in [2.05, 4.69) is 5.32 Å². The zero-order valence-electron chi connectivity index (χ0n) is 13.9. The van der Waals surface area contributed by atoms with Gasteiger partial charge in [0.2, 0.25) is 15.9 Å². The molecule has 0 spiro atoms. The van der Waals surface area contributed by atoms with Crippen molar-refractivity contribution in [1.82, 2.24) is 9.62 Å². The first kappa shape index (κ1) is 18.2. The minimum Gasteiger partial charge on any atom is -0.351 e. The quantitative estimate of drug-likeness (QED) is 0.835. The van der Waals surface area contributed by atoms with Crippen LogP contribution in [0.5, 0.6) is 0 Å². The lowest BCUT2D eigenvalue weighted by Gasteiger charge is -2.19. The van der Waals surface area contributed by atoms with E-state index in [1.807, 2.05) is 61.5 Å². The number of aryl methyl sites for hydroxylation is 1. The number of nitrogens with one attached hydrogen (secondary N) is 1. The zero-order valence-corrected chi connectivity index (χ0v) is 14.7. The second-order valence-corrected chi connectivity index (χ2v) is 7.76. The number of rotatable bonds is 7. The summed E-state index contributed by atoms with van der Waals surface area (Å²) in [4.78, 5) is 12.1. The van der Waals surface area contributed by atoms with Gasteiger partial charge in [0.15, 0.2) is 0 Å². The smallest absolute Gasteiger partial charge is 0.235 e. The normalized spacial score (nSPS) is 11.5. The van der Waals surface area contributed by atoms with Crippen LogP contribution in [0, 0.1) is 6.92 Å². The van der Waals surface area contributed by atoms with Gasteiger partial charge in [-0.3, -0.25) is 4.79 Å². The number of amides is 1. The fourth-order valence-electron chi connectivity index (χ4n) is 2.20. The van der Waals surface area contributed by atoms with Crippen LogP contribution in [0.3, 0.4) is 0 Å². The SMILES string of the molecule is Cc1ccc(CN(CC(=O)NCc2ccccc2)S(C)(=O)=O)cc1. The third-order valence-corrected chi connectivity index (χ3v) is 4.80. The molecule has 0 bridgehead atoms. The Morgan fingerprint density at radius 1 is 1.00 bits per heavy atom. The average molecular weight is 346 g/mol. The fraction of sp³-hybridized carbons (Fsp3) is 0.278. The van der Waals surface area contributed by atoms with E-state index in [4.69, 9.17) is 0 Å². The van der Waals surface area contributed by atoms with E-state index in [1.165, 1.54) is 4.31 Å². The van der Waals surface area contributed by atoms with Crippen LogP contribution >= 0.6 is 0 Å². The van der Waals surface area contributed by atoms with Gasteiger partial charge in [-0.1, -0.05) is 60.2 Å². The fourth-order valence-corrected chi connectivity index (χ4v) is 2.94. The van der Waals surface area contributed by atoms with E-state index in [-0.39, 0.29) is 19.0 Å². The first-order chi connectivity index (χ1) is 11.3. The van der Waals surface area contributed by atoms with Gasteiger partial charge in [-0.2, -0.15) is 4.31 Å². The number of carbonyl (C=O) groups is 1. The molecule has 0 fully saturated rings. The summed E-state index contributed by atoms with van der Waals surface area (Å²) >= 11 is 0. The van der Waals surface area contributed by atoms with Crippen molar-refractivity contribution in [3.05, 3.63) is 71.3 Å². The van der Waals surface area contributed by atoms with Crippen LogP contribution in [0.2, 0.25) is 0 Å². The zero-order chi connectivity index (χ0) is 17.6. The monoisotopic (exact) mass is 346 g/mol. The lowest BCUT2D eigenvalue weighted by atomic mass is 10.1. The minimum absolute atomic E-state index is 0.178. The highest BCUT2D eigenvalue weighted by atomic mass is 32.2. The summed E-state index contributed by atoms with van der Waals surface area (Å²) < 4.78 is 25.1. The third-order valence-electron chi connectivity index (χ3n) is 3.60. The molecule has 0 heterocycles. The highest BCUT2D eigenvalue weighted by molar-refractivity contribution is 7.88. The van der Waals surface area contributed by atoms with Crippen molar-refractivity contribution >= 4 is 15.9 Å². The van der Waals surface area contributed by atoms with E-state index in [0.29, 0.717) is 6.54 Å². The molecule has 0 saturated carbocycles. The molecule has 0 aliphatic rings. The van der Waals surface area contributed by atoms with Gasteiger partial charge in [-0.15, -0.1) is 0 Å². The summed E-state index contributed by atoms with van der Waals surface area (Å²) in [5.41, 5.74) is 2.92. The van der Waals surface area contributed by atoms with E-state index in [0.717, 1.165) is 22.9 Å². The molecule has 0 aromatic heterocycles. The lowest BCUT2D eigenvalue weighted by Crippen LogP contribution is -2.39. The predicted molar refractivity (Wildman–Crippen MR) is 94.7 cm³/mol. The molecule has 0 unspecified atom stereocenters. The number of nitrogens with zero attached hydrogens (tertiary/aromatic N) is 1. The molecule has 0 saturated heterocycles. The second-order valence-electron chi connectivity index (χ2n) is 5.78. The van der Waals surface area contributed by atoms with Crippen LogP contribution in [0.15, 0.2) is 54.6 Å². The minimum atomic E-state index is -3.48. The van der Waals surface area contributed by atoms with Crippen LogP contribution in [0.1, 0.15) is 16.7 Å². The van der Waals surface area contributed by atoms with E-state index >= 15 is 0 Å². The van der Waals surface area contributed by atoms with Crippen molar-refractivity contribution < 1.29 is 13.2 Å². The molecule has 6 heteroatoms. The molecule has 1 N–H and O–H groups in total. The second kappa shape index (κ2) is 8.08. The summed E-state index contributed by atoms with van der Waals surface area (Å²) in [5, 5.41) is 2.75. The van der Waals surface area contributed by atoms with Gasteiger partial charge in [0, 0.05) is 13.1 Å². The molecule has 2 aromatic rings. The van der Waals surface area contributed by atoms with E-state index in [9.17, 15) is 13.2 Å². The highest BCUT2D eigenvalue weighted by Gasteiger charge is 2.20. The van der Waals surface area contributed by atoms with Crippen molar-refractivity contribution in [2.24, 2.45) is 0 Å². The van der Waals surface area contributed by atoms with Crippen molar-refractivity contribution in [2.75, 3.05) is 12.8 Å². The molecule has 128 valence electrons. The van der Waals surface area contributed by atoms with Crippen LogP contribution in [-0.2, 0) is 27.9 Å². The molecule has 0 aliphatic carbocycles. The van der Waals surface area contributed by atoms with Gasteiger partial charge >= 0.3 is 0 Å². The van der Waals surface area contributed by atoms with Crippen LogP contribution in [0.25, 0.3) is 0 Å². The Labute approximate surface area is 143 Å². The maximum Gasteiger partial charge on any atom is 0.235 e. The molecular weight excluding hydrogens is 324 g/mol. The van der Waals surface area contributed by atoms with Gasteiger partial charge < -0.3 is 5.32 Å². The largest absolute Gasteiger partial charge is 0.351 e. The molecule has 2 rings (SSSR count). The Balaban J connectivity index is 1.98. The standard InChI is InChI=1S/C18H22N2O3S/c1-15-8-10-17(11-9-15)13-20(24(2,22)23)14-18(21)19-12-16-6-4-3-5-7-16/h3-11H,12-14H2,1-2H3,(H,19,21). The van der Waals surface area contributed by atoms with Crippen molar-refractivity contribution in [2.45, 2.75) is 20.0 Å². The van der Waals surface area contributed by atoms with Gasteiger partial charge in [0.25, 0.3) is 0 Å². The summed E-state index contributed by atoms with van der Waals surface area (Å²) in [6, 6.07) is 17.1. The van der Waals surface area contributed by atoms with Gasteiger partial charge in [0.1, 0.15) is 0 Å². The van der Waals surface area contributed by atoms with Gasteiger partial charge in [-0.25, -0.2) is 8.42 Å². The van der Waals surface area contributed by atoms with Crippen LogP contribution in [0.4, 0.5) is 0 Å². The van der Waals surface area contributed by atoms with Crippen LogP contribution in [-0.4, -0.2) is 31.4 Å². The Morgan fingerprint density at radius 2 is 1.62 bits per heavy atom. The Morgan fingerprint density at radius 3 is 2.21 bits per heavy atom. The Bertz CT molecular complexity index is 772. The predicted octanol–water partition coefficient (Wildman–Crippen LogP) is 2.07.